The Bertz CT molecular complexity index is 789. The predicted octanol–water partition coefficient (Wildman–Crippen LogP) is 4.99. The summed E-state index contributed by atoms with van der Waals surface area (Å²) in [5.74, 6) is 1.50. The summed E-state index contributed by atoms with van der Waals surface area (Å²) in [6.07, 6.45) is 9.30. The molecule has 2 aliphatic rings. The van der Waals surface area contributed by atoms with E-state index in [1.54, 1.807) is 18.2 Å². The van der Waals surface area contributed by atoms with Crippen molar-refractivity contribution >= 4 is 17.4 Å². The number of carbonyl (C=O) groups excluding carboxylic acids is 1. The Balaban J connectivity index is 1.81. The molecule has 117 valence electrons. The number of Topliss-reactive ketones (excluding diaryl/α,β-unsaturated/α-hetero) is 1. The number of hydrogen-bond acceptors (Lipinski definition) is 2. The van der Waals surface area contributed by atoms with Gasteiger partial charge in [0.15, 0.2) is 11.9 Å². The zero-order chi connectivity index (χ0) is 16.5. The van der Waals surface area contributed by atoms with Crippen molar-refractivity contribution in [2.45, 2.75) is 6.10 Å². The van der Waals surface area contributed by atoms with E-state index in [0.29, 0.717) is 21.9 Å². The topological polar surface area (TPSA) is 26.3 Å². The average Bonchev–Trinajstić information content (AvgIpc) is 3.12. The van der Waals surface area contributed by atoms with Crippen molar-refractivity contribution in [3.8, 4) is 5.75 Å². The van der Waals surface area contributed by atoms with E-state index in [9.17, 15) is 4.79 Å². The van der Waals surface area contributed by atoms with Crippen LogP contribution in [0.1, 0.15) is 22.0 Å². The Morgan fingerprint density at radius 1 is 1.00 bits per heavy atom. The highest BCUT2D eigenvalue weighted by Crippen LogP contribution is 2.41. The second kappa shape index (κ2) is 6.45. The Morgan fingerprint density at radius 3 is 2.50 bits per heavy atom. The Morgan fingerprint density at radius 2 is 1.75 bits per heavy atom. The van der Waals surface area contributed by atoms with Crippen molar-refractivity contribution in [1.82, 2.24) is 0 Å². The molecule has 5 radical (unpaired) electrons. The van der Waals surface area contributed by atoms with Crippen LogP contribution in [0.5, 0.6) is 5.75 Å². The van der Waals surface area contributed by atoms with Gasteiger partial charge in [-0.3, -0.25) is 4.79 Å². The van der Waals surface area contributed by atoms with Crippen LogP contribution in [0.4, 0.5) is 0 Å². The molecule has 2 aromatic rings. The quantitative estimate of drug-likeness (QED) is 0.724. The van der Waals surface area contributed by atoms with Crippen LogP contribution in [0, 0.1) is 31.6 Å². The zero-order valence-electron chi connectivity index (χ0n) is 12.8. The van der Waals surface area contributed by atoms with E-state index in [2.05, 4.69) is 0 Å². The third kappa shape index (κ3) is 2.87. The van der Waals surface area contributed by atoms with Crippen LogP contribution in [-0.2, 0) is 0 Å². The Kier molecular flexibility index (Phi) is 4.15. The average molecular weight is 334 g/mol. The number of halogens is 1. The second-order valence-electron chi connectivity index (χ2n) is 5.70. The molecule has 1 aliphatic carbocycles. The number of rotatable bonds is 2. The van der Waals surface area contributed by atoms with Gasteiger partial charge in [-0.15, -0.1) is 0 Å². The predicted molar refractivity (Wildman–Crippen MR) is 94.1 cm³/mol. The lowest BCUT2D eigenvalue weighted by Crippen LogP contribution is -2.24. The third-order valence-corrected chi connectivity index (χ3v) is 4.32. The Hall–Kier alpha value is -2.06. The molecule has 3 heteroatoms. The molecule has 0 aromatic heterocycles. The first-order valence-corrected chi connectivity index (χ1v) is 8.09. The number of ketones is 1. The fourth-order valence-electron chi connectivity index (χ4n) is 2.93. The van der Waals surface area contributed by atoms with Gasteiger partial charge in [0.1, 0.15) is 5.75 Å². The standard InChI is InChI=1S/C21H14ClO2/c22-16-10-11-19-17(13-16)20(23)18(12-14-6-4-5-7-14)21(24-19)15-8-2-1-3-9-15/h1-13,21H/b18-12+. The van der Waals surface area contributed by atoms with Crippen LogP contribution in [0.2, 0.25) is 5.02 Å². The van der Waals surface area contributed by atoms with E-state index >= 15 is 0 Å². The molecular formula is C21H14ClO2. The van der Waals surface area contributed by atoms with Gasteiger partial charge >= 0.3 is 0 Å². The molecule has 1 atom stereocenters. The van der Waals surface area contributed by atoms with E-state index in [1.165, 1.54) is 0 Å². The van der Waals surface area contributed by atoms with Crippen LogP contribution in [0.15, 0.2) is 60.2 Å². The molecule has 2 nitrogen and oxygen atoms in total. The summed E-state index contributed by atoms with van der Waals surface area (Å²) in [7, 11) is 0. The summed E-state index contributed by atoms with van der Waals surface area (Å²) in [4.78, 5) is 13.1. The van der Waals surface area contributed by atoms with Gasteiger partial charge in [-0.1, -0.05) is 48.0 Å². The lowest BCUT2D eigenvalue weighted by molar-refractivity contribution is 0.0960. The highest BCUT2D eigenvalue weighted by molar-refractivity contribution is 6.31. The molecule has 1 unspecified atom stereocenters. The van der Waals surface area contributed by atoms with Gasteiger partial charge < -0.3 is 4.74 Å². The second-order valence-corrected chi connectivity index (χ2v) is 6.13. The maximum atomic E-state index is 13.1. The van der Waals surface area contributed by atoms with Crippen molar-refractivity contribution in [2.75, 3.05) is 0 Å². The maximum Gasteiger partial charge on any atom is 0.196 e. The smallest absolute Gasteiger partial charge is 0.196 e. The first-order valence-electron chi connectivity index (χ1n) is 7.71. The number of ether oxygens (including phenoxy) is 1. The number of benzene rings is 2. The summed E-state index contributed by atoms with van der Waals surface area (Å²) in [6.45, 7) is 0. The molecule has 4 rings (SSSR count). The van der Waals surface area contributed by atoms with E-state index in [1.807, 2.05) is 62.1 Å². The minimum Gasteiger partial charge on any atom is -0.480 e. The summed E-state index contributed by atoms with van der Waals surface area (Å²) >= 11 is 6.06. The summed E-state index contributed by atoms with van der Waals surface area (Å²) in [6, 6.07) is 14.9. The van der Waals surface area contributed by atoms with Crippen molar-refractivity contribution in [3.05, 3.63) is 108 Å². The van der Waals surface area contributed by atoms with Gasteiger partial charge in [0.05, 0.1) is 5.56 Å². The van der Waals surface area contributed by atoms with Gasteiger partial charge in [0.25, 0.3) is 0 Å². The number of hydrogen-bond donors (Lipinski definition) is 0. The van der Waals surface area contributed by atoms with Crippen molar-refractivity contribution in [2.24, 2.45) is 0 Å². The lowest BCUT2D eigenvalue weighted by Gasteiger charge is -2.29. The van der Waals surface area contributed by atoms with Crippen LogP contribution < -0.4 is 4.74 Å². The van der Waals surface area contributed by atoms with Crippen molar-refractivity contribution < 1.29 is 9.53 Å². The minimum atomic E-state index is -0.428. The normalized spacial score (nSPS) is 22.5. The number of fused-ring (bicyclic) bond motifs is 1. The molecule has 0 spiro atoms. The van der Waals surface area contributed by atoms with Crippen molar-refractivity contribution in [1.29, 1.82) is 0 Å². The molecular weight excluding hydrogens is 320 g/mol. The van der Waals surface area contributed by atoms with Crippen LogP contribution >= 0.6 is 11.6 Å². The first kappa shape index (κ1) is 15.5. The van der Waals surface area contributed by atoms with Crippen LogP contribution in [0.25, 0.3) is 0 Å². The van der Waals surface area contributed by atoms with Gasteiger partial charge in [0.2, 0.25) is 0 Å². The summed E-state index contributed by atoms with van der Waals surface area (Å²) in [5, 5.41) is 0.525. The third-order valence-electron chi connectivity index (χ3n) is 4.09. The highest BCUT2D eigenvalue weighted by atomic mass is 35.5. The molecule has 1 heterocycles. The number of allylic oxidation sites excluding steroid dienone is 1. The fourth-order valence-corrected chi connectivity index (χ4v) is 3.10. The van der Waals surface area contributed by atoms with Gasteiger partial charge in [0, 0.05) is 16.5 Å². The molecule has 0 amide bonds. The van der Waals surface area contributed by atoms with Gasteiger partial charge in [-0.25, -0.2) is 0 Å². The largest absolute Gasteiger partial charge is 0.480 e. The zero-order valence-corrected chi connectivity index (χ0v) is 13.5. The molecule has 1 fully saturated rings. The molecule has 0 saturated heterocycles. The molecule has 1 aliphatic heterocycles. The monoisotopic (exact) mass is 333 g/mol. The van der Waals surface area contributed by atoms with E-state index in [4.69, 9.17) is 16.3 Å². The lowest BCUT2D eigenvalue weighted by atomic mass is 9.88. The first-order chi connectivity index (χ1) is 11.7. The molecule has 0 N–H and O–H groups in total. The van der Waals surface area contributed by atoms with Gasteiger partial charge in [-0.2, -0.15) is 0 Å². The Labute approximate surface area is 147 Å². The van der Waals surface area contributed by atoms with E-state index in [0.717, 1.165) is 11.5 Å². The maximum absolute atomic E-state index is 13.1. The van der Waals surface area contributed by atoms with E-state index < -0.39 is 6.10 Å². The van der Waals surface area contributed by atoms with Crippen LogP contribution in [0.3, 0.4) is 0 Å². The van der Waals surface area contributed by atoms with Gasteiger partial charge in [-0.05, 0) is 49.4 Å². The molecule has 1 saturated carbocycles. The molecule has 2 aromatic carbocycles. The summed E-state index contributed by atoms with van der Waals surface area (Å²) in [5.41, 5.74) is 2.07. The summed E-state index contributed by atoms with van der Waals surface area (Å²) < 4.78 is 6.16. The minimum absolute atomic E-state index is 0.0474. The van der Waals surface area contributed by atoms with E-state index in [-0.39, 0.29) is 5.78 Å². The van der Waals surface area contributed by atoms with Crippen LogP contribution in [-0.4, -0.2) is 5.78 Å². The van der Waals surface area contributed by atoms with Crippen molar-refractivity contribution in [3.63, 3.8) is 0 Å². The molecule has 24 heavy (non-hydrogen) atoms. The highest BCUT2D eigenvalue weighted by Gasteiger charge is 2.34. The molecule has 0 bridgehead atoms. The fraction of sp³-hybridized carbons (Fsp3) is 0.0476. The number of carbonyl (C=O) groups is 1. The SMILES string of the molecule is O=C1/C(=C\[C]2[CH][CH][CH][CH]2)C(c2ccccc2)Oc2ccc(Cl)cc21.